The number of hydrogen-bond acceptors (Lipinski definition) is 6. The van der Waals surface area contributed by atoms with Gasteiger partial charge in [-0.2, -0.15) is 0 Å². The number of carbonyl (C=O) groups is 2. The molecule has 0 radical (unpaired) electrons. The van der Waals surface area contributed by atoms with Gasteiger partial charge in [-0.05, 0) is 26.3 Å². The van der Waals surface area contributed by atoms with Crippen LogP contribution in [0.4, 0.5) is 9.59 Å². The summed E-state index contributed by atoms with van der Waals surface area (Å²) >= 11 is 0. The third-order valence-corrected chi connectivity index (χ3v) is 3.75. The standard InChI is InChI=1S/C18H25N3O5/c1-18(2,3)26-17(23)21-10-14(15(11-21)20-24)9-19-16(22)25-12-13-7-5-4-6-8-13/h4-8,14,24H,9-12H2,1-3H3,(H,19,22)/b20-15-/t14-/m1/s1. The Bertz CT molecular complexity index is 655. The van der Waals surface area contributed by atoms with Crippen molar-refractivity contribution in [2.45, 2.75) is 33.0 Å². The van der Waals surface area contributed by atoms with Gasteiger partial charge in [-0.1, -0.05) is 35.5 Å². The fourth-order valence-corrected chi connectivity index (χ4v) is 2.50. The Balaban J connectivity index is 1.80. The lowest BCUT2D eigenvalue weighted by molar-refractivity contribution is 0.0292. The van der Waals surface area contributed by atoms with Gasteiger partial charge in [-0.3, -0.25) is 0 Å². The number of nitrogens with one attached hydrogen (secondary N) is 1. The molecule has 1 saturated heterocycles. The zero-order valence-corrected chi connectivity index (χ0v) is 15.3. The summed E-state index contributed by atoms with van der Waals surface area (Å²) in [4.78, 5) is 25.4. The predicted octanol–water partition coefficient (Wildman–Crippen LogP) is 2.61. The topological polar surface area (TPSA) is 100 Å². The molecule has 0 saturated carbocycles. The Morgan fingerprint density at radius 2 is 2.00 bits per heavy atom. The van der Waals surface area contributed by atoms with Crippen molar-refractivity contribution >= 4 is 17.9 Å². The highest BCUT2D eigenvalue weighted by Crippen LogP contribution is 2.17. The van der Waals surface area contributed by atoms with Crippen LogP contribution in [0.2, 0.25) is 0 Å². The van der Waals surface area contributed by atoms with Crippen molar-refractivity contribution in [1.82, 2.24) is 10.2 Å². The minimum absolute atomic E-state index is 0.164. The highest BCUT2D eigenvalue weighted by Gasteiger charge is 2.35. The molecule has 8 nitrogen and oxygen atoms in total. The molecule has 0 aromatic heterocycles. The van der Waals surface area contributed by atoms with Gasteiger partial charge >= 0.3 is 12.2 Å². The molecule has 1 aromatic carbocycles. The Morgan fingerprint density at radius 3 is 2.62 bits per heavy atom. The zero-order valence-electron chi connectivity index (χ0n) is 15.3. The van der Waals surface area contributed by atoms with Gasteiger partial charge in [0.05, 0.1) is 12.3 Å². The normalized spacial score (nSPS) is 18.7. The Morgan fingerprint density at radius 1 is 1.31 bits per heavy atom. The van der Waals surface area contributed by atoms with E-state index in [1.165, 1.54) is 4.90 Å². The molecular formula is C18H25N3O5. The van der Waals surface area contributed by atoms with E-state index >= 15 is 0 Å². The van der Waals surface area contributed by atoms with Crippen LogP contribution >= 0.6 is 0 Å². The van der Waals surface area contributed by atoms with Gasteiger partial charge in [0.15, 0.2) is 0 Å². The van der Waals surface area contributed by atoms with E-state index in [9.17, 15) is 9.59 Å². The summed E-state index contributed by atoms with van der Waals surface area (Å²) in [5.41, 5.74) is 0.696. The molecule has 1 aliphatic heterocycles. The maximum atomic E-state index is 12.1. The number of alkyl carbamates (subject to hydrolysis) is 1. The first-order valence-electron chi connectivity index (χ1n) is 8.42. The van der Waals surface area contributed by atoms with Crippen LogP contribution in [0.3, 0.4) is 0 Å². The second-order valence-electron chi connectivity index (χ2n) is 7.09. The van der Waals surface area contributed by atoms with E-state index in [-0.39, 0.29) is 25.6 Å². The van der Waals surface area contributed by atoms with E-state index in [4.69, 9.17) is 14.7 Å². The second kappa shape index (κ2) is 8.55. The minimum Gasteiger partial charge on any atom is -0.445 e. The summed E-state index contributed by atoms with van der Waals surface area (Å²) < 4.78 is 10.5. The number of carbonyl (C=O) groups excluding carboxylic acids is 2. The van der Waals surface area contributed by atoms with Crippen LogP contribution in [0.15, 0.2) is 35.5 Å². The van der Waals surface area contributed by atoms with E-state index < -0.39 is 17.8 Å². The summed E-state index contributed by atoms with van der Waals surface area (Å²) in [6.45, 7) is 6.18. The summed E-state index contributed by atoms with van der Waals surface area (Å²) in [6.07, 6.45) is -1.05. The average molecular weight is 363 g/mol. The van der Waals surface area contributed by atoms with E-state index in [0.29, 0.717) is 12.3 Å². The van der Waals surface area contributed by atoms with Crippen molar-refractivity contribution in [3.63, 3.8) is 0 Å². The Kier molecular flexibility index (Phi) is 6.43. The molecule has 0 aliphatic carbocycles. The number of nitrogens with zero attached hydrogens (tertiary/aromatic N) is 2. The minimum atomic E-state index is -0.606. The highest BCUT2D eigenvalue weighted by molar-refractivity contribution is 5.94. The van der Waals surface area contributed by atoms with Crippen molar-refractivity contribution in [2.24, 2.45) is 11.1 Å². The third-order valence-electron chi connectivity index (χ3n) is 3.75. The zero-order chi connectivity index (χ0) is 19.2. The monoisotopic (exact) mass is 363 g/mol. The number of rotatable bonds is 4. The summed E-state index contributed by atoms with van der Waals surface area (Å²) in [7, 11) is 0. The summed E-state index contributed by atoms with van der Waals surface area (Å²) in [6, 6.07) is 9.34. The Hall–Kier alpha value is -2.77. The molecule has 8 heteroatoms. The van der Waals surface area contributed by atoms with Crippen molar-refractivity contribution < 1.29 is 24.3 Å². The van der Waals surface area contributed by atoms with Crippen LogP contribution in [0, 0.1) is 5.92 Å². The molecular weight excluding hydrogens is 338 g/mol. The fraction of sp³-hybridized carbons (Fsp3) is 0.500. The van der Waals surface area contributed by atoms with Crippen LogP contribution in [0.5, 0.6) is 0 Å². The molecule has 1 aliphatic rings. The first-order chi connectivity index (χ1) is 12.3. The Labute approximate surface area is 152 Å². The summed E-state index contributed by atoms with van der Waals surface area (Å²) in [5, 5.41) is 15.0. The smallest absolute Gasteiger partial charge is 0.410 e. The molecule has 1 aromatic rings. The highest BCUT2D eigenvalue weighted by atomic mass is 16.6. The van der Waals surface area contributed by atoms with E-state index in [1.54, 1.807) is 20.8 Å². The van der Waals surface area contributed by atoms with Crippen molar-refractivity contribution in [3.8, 4) is 0 Å². The number of benzene rings is 1. The van der Waals surface area contributed by atoms with Gasteiger partial charge in [0.1, 0.15) is 12.2 Å². The van der Waals surface area contributed by atoms with Crippen LogP contribution in [-0.2, 0) is 16.1 Å². The SMILES string of the molecule is CC(C)(C)OC(=O)N1C/C(=N/O)[C@H](CNC(=O)OCc2ccccc2)C1. The predicted molar refractivity (Wildman–Crippen MR) is 95.1 cm³/mol. The second-order valence-corrected chi connectivity index (χ2v) is 7.09. The van der Waals surface area contributed by atoms with Crippen molar-refractivity contribution in [3.05, 3.63) is 35.9 Å². The molecule has 0 unspecified atom stereocenters. The quantitative estimate of drug-likeness (QED) is 0.633. The average Bonchev–Trinajstić information content (AvgIpc) is 3.01. The molecule has 1 atom stereocenters. The van der Waals surface area contributed by atoms with E-state index in [1.807, 2.05) is 30.3 Å². The van der Waals surface area contributed by atoms with Gasteiger partial charge in [0, 0.05) is 19.0 Å². The van der Waals surface area contributed by atoms with Crippen LogP contribution < -0.4 is 5.32 Å². The van der Waals surface area contributed by atoms with Gasteiger partial charge in [-0.25, -0.2) is 9.59 Å². The van der Waals surface area contributed by atoms with Gasteiger partial charge in [0.25, 0.3) is 0 Å². The summed E-state index contributed by atoms with van der Waals surface area (Å²) in [5.74, 6) is -0.295. The van der Waals surface area contributed by atoms with Gasteiger partial charge in [-0.15, -0.1) is 0 Å². The molecule has 0 spiro atoms. The van der Waals surface area contributed by atoms with Crippen LogP contribution in [0.1, 0.15) is 26.3 Å². The number of hydrogen-bond donors (Lipinski definition) is 2. The van der Waals surface area contributed by atoms with Crippen LogP contribution in [0.25, 0.3) is 0 Å². The number of ether oxygens (including phenoxy) is 2. The van der Waals surface area contributed by atoms with Crippen molar-refractivity contribution in [1.29, 1.82) is 0 Å². The maximum absolute atomic E-state index is 12.1. The van der Waals surface area contributed by atoms with Crippen LogP contribution in [-0.4, -0.2) is 53.2 Å². The molecule has 0 bridgehead atoms. The first-order valence-corrected chi connectivity index (χ1v) is 8.42. The number of amides is 2. The molecule has 2 amide bonds. The lowest BCUT2D eigenvalue weighted by Crippen LogP contribution is -2.36. The number of likely N-dealkylation sites (tertiary alicyclic amines) is 1. The van der Waals surface area contributed by atoms with Gasteiger partial charge < -0.3 is 24.9 Å². The molecule has 2 rings (SSSR count). The first kappa shape index (κ1) is 19.6. The molecule has 2 N–H and O–H groups in total. The fourth-order valence-electron chi connectivity index (χ4n) is 2.50. The van der Waals surface area contributed by atoms with Gasteiger partial charge in [0.2, 0.25) is 0 Å². The third kappa shape index (κ3) is 5.94. The lowest BCUT2D eigenvalue weighted by Gasteiger charge is -2.24. The maximum Gasteiger partial charge on any atom is 0.410 e. The largest absolute Gasteiger partial charge is 0.445 e. The van der Waals surface area contributed by atoms with E-state index in [0.717, 1.165) is 5.56 Å². The van der Waals surface area contributed by atoms with Crippen molar-refractivity contribution in [2.75, 3.05) is 19.6 Å². The lowest BCUT2D eigenvalue weighted by atomic mass is 10.1. The molecule has 1 fully saturated rings. The molecule has 26 heavy (non-hydrogen) atoms. The molecule has 142 valence electrons. The van der Waals surface area contributed by atoms with E-state index in [2.05, 4.69) is 10.5 Å². The number of oxime groups is 1. The molecule has 1 heterocycles.